The van der Waals surface area contributed by atoms with E-state index in [0.717, 1.165) is 38.2 Å². The third kappa shape index (κ3) is 3.69. The number of rotatable bonds is 6. The van der Waals surface area contributed by atoms with Crippen LogP contribution < -0.4 is 10.1 Å². The van der Waals surface area contributed by atoms with Crippen molar-refractivity contribution in [1.29, 1.82) is 0 Å². The zero-order chi connectivity index (χ0) is 17.1. The summed E-state index contributed by atoms with van der Waals surface area (Å²) in [6, 6.07) is 9.03. The standard InChI is InChI=1S/C19H24N4O2/c24-19-11-16-5-6-17(12-21-19)23(16)13-15-3-1-2-4-18(15)25-10-9-22-8-7-20-14-22/h1-4,7-8,14,16-17H,5-6,9-13H2,(H,21,24)/t16-,17+/m1/s1. The van der Waals surface area contributed by atoms with Gasteiger partial charge < -0.3 is 14.6 Å². The van der Waals surface area contributed by atoms with Crippen LogP contribution in [0.1, 0.15) is 24.8 Å². The average Bonchev–Trinajstić information content (AvgIpc) is 3.21. The molecule has 0 radical (unpaired) electrons. The monoisotopic (exact) mass is 340 g/mol. The van der Waals surface area contributed by atoms with E-state index >= 15 is 0 Å². The Hall–Kier alpha value is -2.34. The SMILES string of the molecule is O=C1C[C@H]2CC[C@@H](CN1)N2Cc1ccccc1OCCn1ccnc1. The molecule has 2 saturated heterocycles. The summed E-state index contributed by atoms with van der Waals surface area (Å²) in [5, 5.41) is 3.04. The molecule has 1 aromatic heterocycles. The lowest BCUT2D eigenvalue weighted by Crippen LogP contribution is -2.37. The molecule has 0 spiro atoms. The Morgan fingerprint density at radius 3 is 3.00 bits per heavy atom. The topological polar surface area (TPSA) is 59.4 Å². The number of imidazole rings is 1. The number of amides is 1. The molecule has 25 heavy (non-hydrogen) atoms. The molecular weight excluding hydrogens is 316 g/mol. The zero-order valence-electron chi connectivity index (χ0n) is 14.3. The first-order chi connectivity index (χ1) is 12.3. The Labute approximate surface area is 147 Å². The molecule has 2 atom stereocenters. The number of hydrogen-bond donors (Lipinski definition) is 1. The Morgan fingerprint density at radius 2 is 2.12 bits per heavy atom. The lowest BCUT2D eigenvalue weighted by molar-refractivity contribution is -0.121. The highest BCUT2D eigenvalue weighted by molar-refractivity contribution is 5.77. The van der Waals surface area contributed by atoms with E-state index in [2.05, 4.69) is 27.3 Å². The van der Waals surface area contributed by atoms with E-state index in [4.69, 9.17) is 4.74 Å². The molecule has 2 aliphatic rings. The summed E-state index contributed by atoms with van der Waals surface area (Å²) in [6.07, 6.45) is 8.40. The minimum Gasteiger partial charge on any atom is -0.491 e. The molecule has 2 fully saturated rings. The number of carbonyl (C=O) groups excluding carboxylic acids is 1. The summed E-state index contributed by atoms with van der Waals surface area (Å²) in [5.74, 6) is 1.12. The van der Waals surface area contributed by atoms with Crippen molar-refractivity contribution in [3.8, 4) is 5.75 Å². The van der Waals surface area contributed by atoms with Crippen molar-refractivity contribution < 1.29 is 9.53 Å². The lowest BCUT2D eigenvalue weighted by atomic mass is 10.1. The summed E-state index contributed by atoms with van der Waals surface area (Å²) >= 11 is 0. The number of nitrogens with zero attached hydrogens (tertiary/aromatic N) is 3. The molecule has 1 aromatic carbocycles. The second-order valence-corrected chi connectivity index (χ2v) is 6.82. The van der Waals surface area contributed by atoms with Crippen molar-refractivity contribution in [1.82, 2.24) is 19.8 Å². The van der Waals surface area contributed by atoms with Gasteiger partial charge in [0.15, 0.2) is 0 Å². The first-order valence-electron chi connectivity index (χ1n) is 8.98. The van der Waals surface area contributed by atoms with Gasteiger partial charge in [-0.3, -0.25) is 9.69 Å². The minimum atomic E-state index is 0.182. The van der Waals surface area contributed by atoms with Gasteiger partial charge in [0.1, 0.15) is 12.4 Å². The van der Waals surface area contributed by atoms with Crippen molar-refractivity contribution >= 4 is 5.91 Å². The maximum absolute atomic E-state index is 11.8. The van der Waals surface area contributed by atoms with Crippen molar-refractivity contribution in [2.45, 2.75) is 44.4 Å². The summed E-state index contributed by atoms with van der Waals surface area (Å²) in [4.78, 5) is 18.4. The van der Waals surface area contributed by atoms with Gasteiger partial charge in [0.2, 0.25) is 5.91 Å². The van der Waals surface area contributed by atoms with Gasteiger partial charge >= 0.3 is 0 Å². The fourth-order valence-electron chi connectivity index (χ4n) is 3.88. The number of aromatic nitrogens is 2. The number of hydrogen-bond acceptors (Lipinski definition) is 4. The van der Waals surface area contributed by atoms with E-state index in [9.17, 15) is 4.79 Å². The predicted molar refractivity (Wildman–Crippen MR) is 94.1 cm³/mol. The molecule has 1 N–H and O–H groups in total. The quantitative estimate of drug-likeness (QED) is 0.871. The number of para-hydroxylation sites is 1. The highest BCUT2D eigenvalue weighted by Gasteiger charge is 2.37. The van der Waals surface area contributed by atoms with Crippen molar-refractivity contribution in [2.75, 3.05) is 13.2 Å². The molecule has 6 heteroatoms. The molecule has 2 aromatic rings. The first-order valence-corrected chi connectivity index (χ1v) is 8.98. The molecule has 2 bridgehead atoms. The maximum atomic E-state index is 11.8. The van der Waals surface area contributed by atoms with Gasteiger partial charge in [-0.15, -0.1) is 0 Å². The molecular formula is C19H24N4O2. The Bertz CT molecular complexity index is 716. The van der Waals surface area contributed by atoms with E-state index in [1.807, 2.05) is 22.9 Å². The number of fused-ring (bicyclic) bond motifs is 2. The molecule has 0 unspecified atom stereocenters. The van der Waals surface area contributed by atoms with Crippen LogP contribution >= 0.6 is 0 Å². The van der Waals surface area contributed by atoms with Crippen LogP contribution in [-0.4, -0.2) is 45.6 Å². The summed E-state index contributed by atoms with van der Waals surface area (Å²) in [6.45, 7) is 2.99. The molecule has 1 amide bonds. The van der Waals surface area contributed by atoms with E-state index in [1.165, 1.54) is 5.56 Å². The van der Waals surface area contributed by atoms with Crippen LogP contribution in [0.3, 0.4) is 0 Å². The molecule has 6 nitrogen and oxygen atoms in total. The van der Waals surface area contributed by atoms with Crippen LogP contribution in [0, 0.1) is 0 Å². The van der Waals surface area contributed by atoms with Gasteiger partial charge in [0, 0.05) is 49.6 Å². The normalized spacial score (nSPS) is 23.3. The summed E-state index contributed by atoms with van der Waals surface area (Å²) < 4.78 is 8.05. The van der Waals surface area contributed by atoms with Crippen LogP contribution in [0.5, 0.6) is 5.75 Å². The largest absolute Gasteiger partial charge is 0.491 e. The Morgan fingerprint density at radius 1 is 1.24 bits per heavy atom. The third-order valence-corrected chi connectivity index (χ3v) is 5.22. The van der Waals surface area contributed by atoms with Crippen LogP contribution in [0.15, 0.2) is 43.0 Å². The van der Waals surface area contributed by atoms with Gasteiger partial charge in [-0.25, -0.2) is 4.98 Å². The molecule has 3 heterocycles. The first kappa shape index (κ1) is 16.1. The Kier molecular flexibility index (Phi) is 4.70. The number of ether oxygens (including phenoxy) is 1. The third-order valence-electron chi connectivity index (χ3n) is 5.22. The molecule has 0 aliphatic carbocycles. The average molecular weight is 340 g/mol. The van der Waals surface area contributed by atoms with Gasteiger partial charge in [0.25, 0.3) is 0 Å². The number of nitrogens with one attached hydrogen (secondary N) is 1. The molecule has 132 valence electrons. The van der Waals surface area contributed by atoms with E-state index < -0.39 is 0 Å². The van der Waals surface area contributed by atoms with Gasteiger partial charge in [-0.05, 0) is 18.9 Å². The van der Waals surface area contributed by atoms with Crippen LogP contribution in [0.4, 0.5) is 0 Å². The van der Waals surface area contributed by atoms with Crippen LogP contribution in [-0.2, 0) is 17.9 Å². The number of benzene rings is 1. The smallest absolute Gasteiger partial charge is 0.221 e. The highest BCUT2D eigenvalue weighted by atomic mass is 16.5. The molecule has 4 rings (SSSR count). The minimum absolute atomic E-state index is 0.182. The Balaban J connectivity index is 1.43. The lowest BCUT2D eigenvalue weighted by Gasteiger charge is -2.27. The van der Waals surface area contributed by atoms with Gasteiger partial charge in [-0.2, -0.15) is 0 Å². The predicted octanol–water partition coefficient (Wildman–Crippen LogP) is 1.81. The second-order valence-electron chi connectivity index (χ2n) is 6.82. The van der Waals surface area contributed by atoms with Crippen LogP contribution in [0.25, 0.3) is 0 Å². The van der Waals surface area contributed by atoms with E-state index in [-0.39, 0.29) is 5.91 Å². The molecule has 0 saturated carbocycles. The van der Waals surface area contributed by atoms with Gasteiger partial charge in [-0.1, -0.05) is 18.2 Å². The maximum Gasteiger partial charge on any atom is 0.221 e. The van der Waals surface area contributed by atoms with Gasteiger partial charge in [0.05, 0.1) is 12.9 Å². The number of carbonyl (C=O) groups is 1. The fraction of sp³-hybridized carbons (Fsp3) is 0.474. The van der Waals surface area contributed by atoms with E-state index in [1.54, 1.807) is 12.5 Å². The zero-order valence-corrected chi connectivity index (χ0v) is 14.3. The van der Waals surface area contributed by atoms with Crippen LogP contribution in [0.2, 0.25) is 0 Å². The second kappa shape index (κ2) is 7.27. The van der Waals surface area contributed by atoms with E-state index in [0.29, 0.717) is 25.1 Å². The van der Waals surface area contributed by atoms with Crippen molar-refractivity contribution in [2.24, 2.45) is 0 Å². The summed E-state index contributed by atoms with van der Waals surface area (Å²) in [7, 11) is 0. The fourth-order valence-corrected chi connectivity index (χ4v) is 3.88. The van der Waals surface area contributed by atoms with Crippen molar-refractivity contribution in [3.05, 3.63) is 48.5 Å². The summed E-state index contributed by atoms with van der Waals surface area (Å²) in [5.41, 5.74) is 1.19. The van der Waals surface area contributed by atoms with Crippen molar-refractivity contribution in [3.63, 3.8) is 0 Å². The highest BCUT2D eigenvalue weighted by Crippen LogP contribution is 2.31. The molecule has 2 aliphatic heterocycles.